The Balaban J connectivity index is 3.02. The standard InChI is InChI=1S/C14H19FN2O3/c1-4-17(14(2,3)13(19)20)8-10-6-5-9(12(16)18)7-11(10)15/h5-7H,4,8H2,1-3H3,(H2,16,18)(H,19,20). The van der Waals surface area contributed by atoms with E-state index >= 15 is 0 Å². The maximum Gasteiger partial charge on any atom is 0.323 e. The monoisotopic (exact) mass is 282 g/mol. The predicted octanol–water partition coefficient (Wildman–Crippen LogP) is 1.61. The van der Waals surface area contributed by atoms with Crippen molar-refractivity contribution in [1.82, 2.24) is 4.90 Å². The van der Waals surface area contributed by atoms with E-state index in [2.05, 4.69) is 0 Å². The van der Waals surface area contributed by atoms with Crippen molar-refractivity contribution >= 4 is 11.9 Å². The molecule has 0 aliphatic carbocycles. The molecular weight excluding hydrogens is 263 g/mol. The highest BCUT2D eigenvalue weighted by Gasteiger charge is 2.33. The van der Waals surface area contributed by atoms with Crippen molar-refractivity contribution in [3.05, 3.63) is 35.1 Å². The topological polar surface area (TPSA) is 83.6 Å². The molecule has 0 spiro atoms. The first kappa shape index (κ1) is 16.1. The van der Waals surface area contributed by atoms with E-state index in [4.69, 9.17) is 5.73 Å². The third-order valence-electron chi connectivity index (χ3n) is 3.39. The molecule has 3 N–H and O–H groups in total. The lowest BCUT2D eigenvalue weighted by atomic mass is 10.0. The molecule has 0 radical (unpaired) electrons. The van der Waals surface area contributed by atoms with Crippen LogP contribution in [0.25, 0.3) is 0 Å². The van der Waals surface area contributed by atoms with E-state index < -0.39 is 23.2 Å². The number of halogens is 1. The Hall–Kier alpha value is -1.95. The Morgan fingerprint density at radius 1 is 1.40 bits per heavy atom. The number of amides is 1. The third-order valence-corrected chi connectivity index (χ3v) is 3.39. The molecule has 0 aliphatic rings. The van der Waals surface area contributed by atoms with Gasteiger partial charge in [-0.1, -0.05) is 13.0 Å². The van der Waals surface area contributed by atoms with Crippen LogP contribution in [0.5, 0.6) is 0 Å². The molecule has 110 valence electrons. The zero-order valence-corrected chi connectivity index (χ0v) is 11.8. The van der Waals surface area contributed by atoms with E-state index in [0.29, 0.717) is 12.1 Å². The fourth-order valence-electron chi connectivity index (χ4n) is 1.87. The lowest BCUT2D eigenvalue weighted by Gasteiger charge is -2.34. The predicted molar refractivity (Wildman–Crippen MR) is 72.7 cm³/mol. The second-order valence-electron chi connectivity index (χ2n) is 5.05. The van der Waals surface area contributed by atoms with Gasteiger partial charge in [-0.25, -0.2) is 4.39 Å². The minimum absolute atomic E-state index is 0.0896. The average molecular weight is 282 g/mol. The van der Waals surface area contributed by atoms with Crippen molar-refractivity contribution < 1.29 is 19.1 Å². The Morgan fingerprint density at radius 2 is 2.00 bits per heavy atom. The molecule has 0 aromatic heterocycles. The Labute approximate surface area is 117 Å². The number of carboxylic acid groups (broad SMARTS) is 1. The van der Waals surface area contributed by atoms with Crippen molar-refractivity contribution in [3.63, 3.8) is 0 Å². The van der Waals surface area contributed by atoms with Crippen LogP contribution in [-0.2, 0) is 11.3 Å². The molecule has 6 heteroatoms. The first-order valence-corrected chi connectivity index (χ1v) is 6.26. The maximum absolute atomic E-state index is 13.9. The van der Waals surface area contributed by atoms with Gasteiger partial charge in [0.1, 0.15) is 11.4 Å². The Bertz CT molecular complexity index is 529. The van der Waals surface area contributed by atoms with Gasteiger partial charge in [0.05, 0.1) is 0 Å². The van der Waals surface area contributed by atoms with Gasteiger partial charge in [0.15, 0.2) is 0 Å². The highest BCUT2D eigenvalue weighted by atomic mass is 19.1. The normalized spacial score (nSPS) is 11.7. The number of nitrogens with two attached hydrogens (primary N) is 1. The van der Waals surface area contributed by atoms with Gasteiger partial charge >= 0.3 is 5.97 Å². The number of benzene rings is 1. The summed E-state index contributed by atoms with van der Waals surface area (Å²) >= 11 is 0. The van der Waals surface area contributed by atoms with Crippen LogP contribution in [0.1, 0.15) is 36.7 Å². The molecule has 0 aliphatic heterocycles. The molecular formula is C14H19FN2O3. The second kappa shape index (κ2) is 6.00. The van der Waals surface area contributed by atoms with E-state index in [1.165, 1.54) is 12.1 Å². The van der Waals surface area contributed by atoms with Gasteiger partial charge in [-0.05, 0) is 32.5 Å². The van der Waals surface area contributed by atoms with E-state index in [0.717, 1.165) is 6.07 Å². The molecule has 1 aromatic rings. The summed E-state index contributed by atoms with van der Waals surface area (Å²) in [6.07, 6.45) is 0. The van der Waals surface area contributed by atoms with E-state index in [1.54, 1.807) is 25.7 Å². The molecule has 0 heterocycles. The largest absolute Gasteiger partial charge is 0.480 e. The molecule has 20 heavy (non-hydrogen) atoms. The van der Waals surface area contributed by atoms with Crippen molar-refractivity contribution in [2.24, 2.45) is 5.73 Å². The number of carboxylic acids is 1. The van der Waals surface area contributed by atoms with Crippen LogP contribution in [0.2, 0.25) is 0 Å². The van der Waals surface area contributed by atoms with Crippen molar-refractivity contribution in [3.8, 4) is 0 Å². The number of likely N-dealkylation sites (N-methyl/N-ethyl adjacent to an activating group) is 1. The first-order valence-electron chi connectivity index (χ1n) is 6.26. The molecule has 1 amide bonds. The lowest BCUT2D eigenvalue weighted by Crippen LogP contribution is -2.49. The summed E-state index contributed by atoms with van der Waals surface area (Å²) in [4.78, 5) is 23.8. The quantitative estimate of drug-likeness (QED) is 0.830. The highest BCUT2D eigenvalue weighted by Crippen LogP contribution is 2.20. The second-order valence-corrected chi connectivity index (χ2v) is 5.05. The van der Waals surface area contributed by atoms with E-state index in [-0.39, 0.29) is 12.1 Å². The number of rotatable bonds is 6. The van der Waals surface area contributed by atoms with Gasteiger partial charge in [-0.2, -0.15) is 0 Å². The SMILES string of the molecule is CCN(Cc1ccc(C(N)=O)cc1F)C(C)(C)C(=O)O. The van der Waals surface area contributed by atoms with Crippen LogP contribution in [0.15, 0.2) is 18.2 Å². The van der Waals surface area contributed by atoms with Crippen molar-refractivity contribution in [2.75, 3.05) is 6.54 Å². The zero-order chi connectivity index (χ0) is 15.5. The first-order chi connectivity index (χ1) is 9.20. The van der Waals surface area contributed by atoms with Crippen LogP contribution in [-0.4, -0.2) is 34.0 Å². The molecule has 0 fully saturated rings. The van der Waals surface area contributed by atoms with Crippen LogP contribution in [0, 0.1) is 5.82 Å². The molecule has 0 saturated heterocycles. The molecule has 0 atom stereocenters. The summed E-state index contributed by atoms with van der Waals surface area (Å²) in [6, 6.07) is 3.96. The van der Waals surface area contributed by atoms with Gasteiger partial charge < -0.3 is 10.8 Å². The number of nitrogens with zero attached hydrogens (tertiary/aromatic N) is 1. The maximum atomic E-state index is 13.9. The number of hydrogen-bond donors (Lipinski definition) is 2. The molecule has 0 unspecified atom stereocenters. The highest BCUT2D eigenvalue weighted by molar-refractivity contribution is 5.92. The Morgan fingerprint density at radius 3 is 2.40 bits per heavy atom. The van der Waals surface area contributed by atoms with Gasteiger partial charge in [0, 0.05) is 17.7 Å². The number of aliphatic carboxylic acids is 1. The summed E-state index contributed by atoms with van der Waals surface area (Å²) in [6.45, 7) is 5.53. The number of hydrogen-bond acceptors (Lipinski definition) is 3. The van der Waals surface area contributed by atoms with Gasteiger partial charge in [0.25, 0.3) is 0 Å². The van der Waals surface area contributed by atoms with Gasteiger partial charge in [-0.3, -0.25) is 14.5 Å². The minimum atomic E-state index is -1.11. The van der Waals surface area contributed by atoms with Crippen LogP contribution in [0.4, 0.5) is 4.39 Å². The van der Waals surface area contributed by atoms with E-state index in [9.17, 15) is 19.1 Å². The third kappa shape index (κ3) is 3.33. The average Bonchev–Trinajstić information content (AvgIpc) is 2.36. The van der Waals surface area contributed by atoms with Crippen LogP contribution in [0.3, 0.4) is 0 Å². The smallest absolute Gasteiger partial charge is 0.323 e. The van der Waals surface area contributed by atoms with Crippen molar-refractivity contribution in [1.29, 1.82) is 0 Å². The Kier molecular flexibility index (Phi) is 4.83. The summed E-state index contributed by atoms with van der Waals surface area (Å²) in [5.74, 6) is -2.25. The van der Waals surface area contributed by atoms with Crippen molar-refractivity contribution in [2.45, 2.75) is 32.9 Å². The summed E-state index contributed by atoms with van der Waals surface area (Å²) in [5.41, 5.74) is 4.38. The molecule has 1 aromatic carbocycles. The summed E-state index contributed by atoms with van der Waals surface area (Å²) in [7, 11) is 0. The lowest BCUT2D eigenvalue weighted by molar-refractivity contribution is -0.149. The molecule has 0 bridgehead atoms. The zero-order valence-electron chi connectivity index (χ0n) is 11.8. The van der Waals surface area contributed by atoms with Gasteiger partial charge in [-0.15, -0.1) is 0 Å². The summed E-state index contributed by atoms with van der Waals surface area (Å²) in [5, 5.41) is 9.21. The number of carbonyl (C=O) groups is 2. The number of primary amides is 1. The van der Waals surface area contributed by atoms with Crippen LogP contribution >= 0.6 is 0 Å². The minimum Gasteiger partial charge on any atom is -0.480 e. The number of carbonyl (C=O) groups excluding carboxylic acids is 1. The summed E-state index contributed by atoms with van der Waals surface area (Å²) < 4.78 is 13.9. The fourth-order valence-corrected chi connectivity index (χ4v) is 1.87. The molecule has 1 rings (SSSR count). The van der Waals surface area contributed by atoms with Crippen LogP contribution < -0.4 is 5.73 Å². The fraction of sp³-hybridized carbons (Fsp3) is 0.429. The molecule has 5 nitrogen and oxygen atoms in total. The van der Waals surface area contributed by atoms with Gasteiger partial charge in [0.2, 0.25) is 5.91 Å². The molecule has 0 saturated carbocycles. The van der Waals surface area contributed by atoms with E-state index in [1.807, 2.05) is 0 Å².